The van der Waals surface area contributed by atoms with Gasteiger partial charge in [-0.2, -0.15) is 0 Å². The molecular formula is C29H20Cl2N4O6S2. The van der Waals surface area contributed by atoms with Crippen LogP contribution in [0.15, 0.2) is 70.6 Å². The van der Waals surface area contributed by atoms with E-state index in [4.69, 9.17) is 27.9 Å². The summed E-state index contributed by atoms with van der Waals surface area (Å²) in [6.45, 7) is 1.93. The van der Waals surface area contributed by atoms with E-state index < -0.39 is 22.7 Å². The van der Waals surface area contributed by atoms with Crippen molar-refractivity contribution < 1.29 is 24.4 Å². The number of hydrogen-bond donors (Lipinski definition) is 1. The zero-order chi connectivity index (χ0) is 30.4. The third kappa shape index (κ3) is 5.58. The van der Waals surface area contributed by atoms with Crippen molar-refractivity contribution in [1.82, 2.24) is 10.2 Å². The minimum atomic E-state index is -1.11. The third-order valence-electron chi connectivity index (χ3n) is 7.00. The number of thioether (sulfide) groups is 1. The molecule has 2 atom stereocenters. The quantitative estimate of drug-likeness (QED) is 0.0425. The Kier molecular flexibility index (Phi) is 7.86. The SMILES string of the molecule is CC1Cc2cc(/C(O)=C3\C(=O)C(=O)N(c4nnc(SCc5ccc(Cl)cc5Cl)s4)C3c3ccc([N+](=O)[O-])cc3)ccc2O1. The topological polar surface area (TPSA) is 136 Å². The van der Waals surface area contributed by atoms with Crippen molar-refractivity contribution >= 4 is 74.6 Å². The summed E-state index contributed by atoms with van der Waals surface area (Å²) >= 11 is 14.7. The highest BCUT2D eigenvalue weighted by Gasteiger charge is 2.48. The van der Waals surface area contributed by atoms with Crippen LogP contribution in [0.4, 0.5) is 10.8 Å². The van der Waals surface area contributed by atoms with E-state index in [-0.39, 0.29) is 28.3 Å². The Labute approximate surface area is 263 Å². The molecule has 0 spiro atoms. The summed E-state index contributed by atoms with van der Waals surface area (Å²) in [5, 5.41) is 32.3. The number of aromatic nitrogens is 2. The van der Waals surface area contributed by atoms with Gasteiger partial charge >= 0.3 is 5.91 Å². The minimum absolute atomic E-state index is 0.0294. The number of amides is 1. The molecule has 218 valence electrons. The third-order valence-corrected chi connectivity index (χ3v) is 9.69. The summed E-state index contributed by atoms with van der Waals surface area (Å²) in [4.78, 5) is 38.9. The number of aliphatic hydroxyl groups excluding tert-OH is 1. The summed E-state index contributed by atoms with van der Waals surface area (Å²) in [5.74, 6) is -1.05. The summed E-state index contributed by atoms with van der Waals surface area (Å²) in [6, 6.07) is 14.6. The highest BCUT2D eigenvalue weighted by molar-refractivity contribution is 8.00. The number of nitro benzene ring substituents is 1. The van der Waals surface area contributed by atoms with Gasteiger partial charge in [0.1, 0.15) is 17.6 Å². The molecular weight excluding hydrogens is 635 g/mol. The predicted octanol–water partition coefficient (Wildman–Crippen LogP) is 7.00. The maximum absolute atomic E-state index is 13.5. The van der Waals surface area contributed by atoms with Crippen LogP contribution < -0.4 is 9.64 Å². The van der Waals surface area contributed by atoms with Crippen LogP contribution in [0.5, 0.6) is 5.75 Å². The number of ketones is 1. The maximum Gasteiger partial charge on any atom is 0.301 e. The monoisotopic (exact) mass is 654 g/mol. The molecule has 43 heavy (non-hydrogen) atoms. The average molecular weight is 656 g/mol. The van der Waals surface area contributed by atoms with Gasteiger partial charge in [-0.3, -0.25) is 24.6 Å². The Balaban J connectivity index is 1.39. The first-order valence-corrected chi connectivity index (χ1v) is 15.4. The first-order valence-electron chi connectivity index (χ1n) is 12.9. The smallest absolute Gasteiger partial charge is 0.301 e. The number of non-ortho nitro benzene ring substituents is 1. The predicted molar refractivity (Wildman–Crippen MR) is 164 cm³/mol. The molecule has 3 heterocycles. The van der Waals surface area contributed by atoms with Crippen molar-refractivity contribution in [1.29, 1.82) is 0 Å². The van der Waals surface area contributed by atoms with Crippen molar-refractivity contribution in [3.63, 3.8) is 0 Å². The number of hydrogen-bond acceptors (Lipinski definition) is 10. The van der Waals surface area contributed by atoms with Crippen molar-refractivity contribution in [3.8, 4) is 5.75 Å². The van der Waals surface area contributed by atoms with E-state index in [1.54, 1.807) is 36.4 Å². The number of halogens is 2. The molecule has 2 aliphatic rings. The fraction of sp³-hybridized carbons (Fsp3) is 0.172. The van der Waals surface area contributed by atoms with Gasteiger partial charge in [-0.1, -0.05) is 52.4 Å². The molecule has 2 unspecified atom stereocenters. The summed E-state index contributed by atoms with van der Waals surface area (Å²) in [6.07, 6.45) is 0.599. The molecule has 2 aliphatic heterocycles. The number of benzene rings is 3. The largest absolute Gasteiger partial charge is 0.507 e. The molecule has 6 rings (SSSR count). The van der Waals surface area contributed by atoms with Crippen LogP contribution >= 0.6 is 46.3 Å². The number of aliphatic hydroxyl groups is 1. The lowest BCUT2D eigenvalue weighted by Crippen LogP contribution is -2.29. The molecule has 1 aromatic heterocycles. The van der Waals surface area contributed by atoms with E-state index in [1.807, 2.05) is 6.92 Å². The second-order valence-electron chi connectivity index (χ2n) is 9.85. The molecule has 1 amide bonds. The molecule has 4 aromatic rings. The van der Waals surface area contributed by atoms with Crippen LogP contribution in [0.25, 0.3) is 5.76 Å². The Bertz CT molecular complexity index is 1830. The van der Waals surface area contributed by atoms with Crippen LogP contribution in [-0.2, 0) is 21.8 Å². The van der Waals surface area contributed by atoms with Crippen LogP contribution in [0.1, 0.15) is 35.2 Å². The molecule has 14 heteroatoms. The lowest BCUT2D eigenvalue weighted by atomic mass is 9.94. The van der Waals surface area contributed by atoms with Gasteiger partial charge in [0.25, 0.3) is 11.5 Å². The van der Waals surface area contributed by atoms with Crippen LogP contribution in [-0.4, -0.2) is 38.0 Å². The van der Waals surface area contributed by atoms with Crippen LogP contribution in [0, 0.1) is 10.1 Å². The second kappa shape index (κ2) is 11.6. The van der Waals surface area contributed by atoms with E-state index in [0.717, 1.165) is 22.5 Å². The number of nitro groups is 1. The van der Waals surface area contributed by atoms with E-state index in [2.05, 4.69) is 10.2 Å². The molecule has 1 saturated heterocycles. The maximum atomic E-state index is 13.5. The molecule has 0 saturated carbocycles. The first-order chi connectivity index (χ1) is 20.6. The first kappa shape index (κ1) is 29.1. The van der Waals surface area contributed by atoms with Crippen molar-refractivity contribution in [2.45, 2.75) is 35.6 Å². The van der Waals surface area contributed by atoms with E-state index >= 15 is 0 Å². The lowest BCUT2D eigenvalue weighted by molar-refractivity contribution is -0.384. The molecule has 1 fully saturated rings. The van der Waals surface area contributed by atoms with E-state index in [1.165, 1.54) is 40.9 Å². The van der Waals surface area contributed by atoms with Gasteiger partial charge in [-0.05, 0) is 66.1 Å². The summed E-state index contributed by atoms with van der Waals surface area (Å²) in [7, 11) is 0. The standard InChI is InChI=1S/C29H20Cl2N4O6S2/c1-14-10-18-11-16(5-9-22(18)41-14)25(36)23-24(15-3-7-20(8-4-15)35(39)40)34(27(38)26(23)37)28-32-33-29(43-28)42-13-17-2-6-19(30)12-21(17)31/h2-9,11-12,14,24,36H,10,13H2,1H3/b25-23+. The number of anilines is 1. The van der Waals surface area contributed by atoms with E-state index in [0.29, 0.717) is 43.4 Å². The molecule has 1 N–H and O–H groups in total. The number of Topliss-reactive ketones (excluding diaryl/α,β-unsaturated/α-hetero) is 1. The van der Waals surface area contributed by atoms with Gasteiger partial charge < -0.3 is 9.84 Å². The Morgan fingerprint density at radius 3 is 2.63 bits per heavy atom. The number of carbonyl (C=O) groups is 2. The van der Waals surface area contributed by atoms with Crippen LogP contribution in [0.3, 0.4) is 0 Å². The number of nitrogens with zero attached hydrogens (tertiary/aromatic N) is 4. The van der Waals surface area contributed by atoms with Gasteiger partial charge in [-0.15, -0.1) is 10.2 Å². The lowest BCUT2D eigenvalue weighted by Gasteiger charge is -2.22. The molecule has 3 aromatic carbocycles. The molecule has 10 nitrogen and oxygen atoms in total. The fourth-order valence-electron chi connectivity index (χ4n) is 4.98. The number of rotatable bonds is 7. The average Bonchev–Trinajstić information content (AvgIpc) is 3.67. The Morgan fingerprint density at radius 2 is 1.91 bits per heavy atom. The summed E-state index contributed by atoms with van der Waals surface area (Å²) < 4.78 is 6.26. The number of fused-ring (bicyclic) bond motifs is 1. The van der Waals surface area contributed by atoms with Crippen molar-refractivity contribution in [2.75, 3.05) is 4.90 Å². The highest BCUT2D eigenvalue weighted by atomic mass is 35.5. The summed E-state index contributed by atoms with van der Waals surface area (Å²) in [5.41, 5.74) is 2.08. The Hall–Kier alpha value is -3.97. The Morgan fingerprint density at radius 1 is 1.14 bits per heavy atom. The number of ether oxygens (including phenoxy) is 1. The van der Waals surface area contributed by atoms with Gasteiger partial charge in [-0.25, -0.2) is 0 Å². The fourth-order valence-corrected chi connectivity index (χ4v) is 7.41. The van der Waals surface area contributed by atoms with Gasteiger partial charge in [0.2, 0.25) is 5.13 Å². The van der Waals surface area contributed by atoms with Crippen molar-refractivity contribution in [3.05, 3.63) is 109 Å². The highest BCUT2D eigenvalue weighted by Crippen LogP contribution is 2.45. The van der Waals surface area contributed by atoms with Crippen LogP contribution in [0.2, 0.25) is 10.0 Å². The van der Waals surface area contributed by atoms with Crippen molar-refractivity contribution in [2.24, 2.45) is 0 Å². The van der Waals surface area contributed by atoms with E-state index in [9.17, 15) is 24.8 Å². The molecule has 0 aliphatic carbocycles. The molecule has 0 radical (unpaired) electrons. The zero-order valence-corrected chi connectivity index (χ0v) is 25.3. The number of carbonyl (C=O) groups excluding carboxylic acids is 2. The zero-order valence-electron chi connectivity index (χ0n) is 22.2. The normalized spacial score (nSPS) is 19.0. The van der Waals surface area contributed by atoms with Gasteiger partial charge in [0.15, 0.2) is 4.34 Å². The molecule has 0 bridgehead atoms. The van der Waals surface area contributed by atoms with Gasteiger partial charge in [0, 0.05) is 39.9 Å². The van der Waals surface area contributed by atoms with Gasteiger partial charge in [0.05, 0.1) is 16.5 Å². The second-order valence-corrected chi connectivity index (χ2v) is 12.9. The minimum Gasteiger partial charge on any atom is -0.507 e.